The molecule has 2 rings (SSSR count). The Balaban J connectivity index is 2.29. The summed E-state index contributed by atoms with van der Waals surface area (Å²) in [6, 6.07) is 8.76. The van der Waals surface area contributed by atoms with E-state index < -0.39 is 0 Å². The summed E-state index contributed by atoms with van der Waals surface area (Å²) >= 11 is 3.73. The lowest BCUT2D eigenvalue weighted by Gasteiger charge is -2.09. The first-order chi connectivity index (χ1) is 6.42. The normalized spacial score (nSPS) is 10.9. The van der Waals surface area contributed by atoms with Crippen LogP contribution in [0.4, 0.5) is 0 Å². The van der Waals surface area contributed by atoms with E-state index in [1.807, 2.05) is 22.7 Å². The zero-order valence-electron chi connectivity index (χ0n) is 7.36. The molecule has 0 atom stereocenters. The lowest BCUT2D eigenvalue weighted by atomic mass is 10.3. The molecule has 2 heterocycles. The Morgan fingerprint density at radius 1 is 1.08 bits per heavy atom. The first-order valence-electron chi connectivity index (χ1n) is 4.16. The van der Waals surface area contributed by atoms with E-state index in [4.69, 9.17) is 0 Å². The van der Waals surface area contributed by atoms with Crippen LogP contribution >= 0.6 is 22.7 Å². The van der Waals surface area contributed by atoms with Crippen LogP contribution in [0.25, 0.3) is 0 Å². The summed E-state index contributed by atoms with van der Waals surface area (Å²) in [5.74, 6) is 0. The van der Waals surface area contributed by atoms with Crippen molar-refractivity contribution >= 4 is 32.2 Å². The molecule has 0 spiro atoms. The van der Waals surface area contributed by atoms with E-state index in [1.54, 1.807) is 0 Å². The molecule has 3 heteroatoms. The predicted molar refractivity (Wildman–Crippen MR) is 62.1 cm³/mol. The highest BCUT2D eigenvalue weighted by atomic mass is 32.1. The minimum Gasteiger partial charge on any atom is -0.149 e. The lowest BCUT2D eigenvalue weighted by molar-refractivity contribution is 1.22. The van der Waals surface area contributed by atoms with E-state index in [0.29, 0.717) is 5.54 Å². The van der Waals surface area contributed by atoms with Gasteiger partial charge in [0.2, 0.25) is 0 Å². The summed E-state index contributed by atoms with van der Waals surface area (Å²) in [6.07, 6.45) is 0. The third-order valence-electron chi connectivity index (χ3n) is 1.94. The maximum absolute atomic E-state index is 2.28. The van der Waals surface area contributed by atoms with Gasteiger partial charge < -0.3 is 0 Å². The fourth-order valence-electron chi connectivity index (χ4n) is 1.34. The Hall–Kier alpha value is -0.383. The van der Waals surface area contributed by atoms with Crippen LogP contribution in [-0.2, 0) is 0 Å². The van der Waals surface area contributed by atoms with Crippen molar-refractivity contribution in [2.75, 3.05) is 0 Å². The van der Waals surface area contributed by atoms with E-state index in [9.17, 15) is 0 Å². The lowest BCUT2D eigenvalue weighted by Crippen LogP contribution is -2.02. The second kappa shape index (κ2) is 4.22. The van der Waals surface area contributed by atoms with Gasteiger partial charge in [0.05, 0.1) is 9.52 Å². The fourth-order valence-corrected chi connectivity index (χ4v) is 4.76. The van der Waals surface area contributed by atoms with Gasteiger partial charge in [-0.1, -0.05) is 18.7 Å². The predicted octanol–water partition coefficient (Wildman–Crippen LogP) is 3.65. The molecule has 0 aliphatic rings. The van der Waals surface area contributed by atoms with Gasteiger partial charge in [0, 0.05) is 15.3 Å². The number of hydrogen-bond acceptors (Lipinski definition) is 2. The molecule has 0 N–H and O–H groups in total. The SMILES string of the molecule is C[Si]C(c1cccs1)c1cccs1. The standard InChI is InChI=1S/C10H10S2Si/c1-13-10(8-4-2-6-11-8)9-5-3-7-12-9/h2-7,10H,1H3. The smallest absolute Gasteiger partial charge is 0.0522 e. The topological polar surface area (TPSA) is 0 Å². The van der Waals surface area contributed by atoms with E-state index in [-0.39, 0.29) is 0 Å². The first kappa shape index (κ1) is 9.18. The summed E-state index contributed by atoms with van der Waals surface area (Å²) in [4.78, 5) is 3.01. The third-order valence-corrected chi connectivity index (χ3v) is 5.44. The van der Waals surface area contributed by atoms with Gasteiger partial charge in [0.25, 0.3) is 0 Å². The number of rotatable bonds is 3. The van der Waals surface area contributed by atoms with E-state index in [0.717, 1.165) is 9.52 Å². The van der Waals surface area contributed by atoms with Gasteiger partial charge in [0.1, 0.15) is 0 Å². The molecule has 0 fully saturated rings. The number of hydrogen-bond donors (Lipinski definition) is 0. The quantitative estimate of drug-likeness (QED) is 0.695. The highest BCUT2D eigenvalue weighted by molar-refractivity contribution is 7.12. The van der Waals surface area contributed by atoms with E-state index in [2.05, 4.69) is 41.6 Å². The summed E-state index contributed by atoms with van der Waals surface area (Å²) in [5.41, 5.74) is 0.653. The van der Waals surface area contributed by atoms with Crippen LogP contribution in [0.2, 0.25) is 6.55 Å². The molecule has 2 aromatic heterocycles. The van der Waals surface area contributed by atoms with Gasteiger partial charge in [0.15, 0.2) is 0 Å². The van der Waals surface area contributed by atoms with Crippen molar-refractivity contribution in [3.8, 4) is 0 Å². The van der Waals surface area contributed by atoms with Crippen LogP contribution in [-0.4, -0.2) is 9.52 Å². The highest BCUT2D eigenvalue weighted by Gasteiger charge is 2.13. The molecule has 0 aliphatic carbocycles. The molecule has 66 valence electrons. The summed E-state index contributed by atoms with van der Waals surface area (Å²) < 4.78 is 0. The first-order valence-corrected chi connectivity index (χ1v) is 7.49. The maximum atomic E-state index is 2.28. The van der Waals surface area contributed by atoms with Crippen LogP contribution in [0.15, 0.2) is 35.0 Å². The third kappa shape index (κ3) is 1.93. The Kier molecular flexibility index (Phi) is 2.98. The second-order valence-electron chi connectivity index (χ2n) is 2.75. The highest BCUT2D eigenvalue weighted by Crippen LogP contribution is 2.30. The Morgan fingerprint density at radius 3 is 1.92 bits per heavy atom. The minimum atomic E-state index is 0.653. The van der Waals surface area contributed by atoms with Crippen LogP contribution in [0.3, 0.4) is 0 Å². The van der Waals surface area contributed by atoms with Crippen molar-refractivity contribution in [2.24, 2.45) is 0 Å². The van der Waals surface area contributed by atoms with Gasteiger partial charge in [-0.05, 0) is 22.9 Å². The molecule has 0 amide bonds. The molecular weight excluding hydrogens is 212 g/mol. The Morgan fingerprint density at radius 2 is 1.62 bits per heavy atom. The maximum Gasteiger partial charge on any atom is 0.0522 e. The van der Waals surface area contributed by atoms with Crippen molar-refractivity contribution in [1.82, 2.24) is 0 Å². The molecular formula is C10H10S2Si. The summed E-state index contributed by atoms with van der Waals surface area (Å²) in [5, 5.41) is 4.33. The average molecular weight is 222 g/mol. The molecule has 0 nitrogen and oxygen atoms in total. The minimum absolute atomic E-state index is 0.653. The molecule has 0 aliphatic heterocycles. The molecule has 0 unspecified atom stereocenters. The summed E-state index contributed by atoms with van der Waals surface area (Å²) in [7, 11) is 0.959. The zero-order valence-corrected chi connectivity index (χ0v) is 9.99. The van der Waals surface area contributed by atoms with Gasteiger partial charge in [-0.2, -0.15) is 0 Å². The van der Waals surface area contributed by atoms with Crippen LogP contribution in [0.5, 0.6) is 0 Å². The molecule has 0 aromatic carbocycles. The Bertz CT molecular complexity index is 303. The van der Waals surface area contributed by atoms with Gasteiger partial charge in [-0.25, -0.2) is 0 Å². The molecule has 2 radical (unpaired) electrons. The van der Waals surface area contributed by atoms with Crippen LogP contribution in [0.1, 0.15) is 15.3 Å². The number of thiophene rings is 2. The monoisotopic (exact) mass is 222 g/mol. The van der Waals surface area contributed by atoms with Crippen molar-refractivity contribution in [3.05, 3.63) is 44.8 Å². The van der Waals surface area contributed by atoms with E-state index in [1.165, 1.54) is 9.75 Å². The van der Waals surface area contributed by atoms with Crippen LogP contribution < -0.4 is 0 Å². The average Bonchev–Trinajstić information content (AvgIpc) is 2.76. The van der Waals surface area contributed by atoms with E-state index >= 15 is 0 Å². The zero-order chi connectivity index (χ0) is 9.10. The van der Waals surface area contributed by atoms with Gasteiger partial charge in [-0.3, -0.25) is 0 Å². The van der Waals surface area contributed by atoms with Crippen molar-refractivity contribution in [1.29, 1.82) is 0 Å². The molecule has 13 heavy (non-hydrogen) atoms. The molecule has 2 aromatic rings. The molecule has 0 saturated carbocycles. The van der Waals surface area contributed by atoms with Crippen molar-refractivity contribution in [2.45, 2.75) is 12.1 Å². The second-order valence-corrected chi connectivity index (χ2v) is 5.87. The van der Waals surface area contributed by atoms with Gasteiger partial charge in [-0.15, -0.1) is 22.7 Å². The van der Waals surface area contributed by atoms with Crippen LogP contribution in [0, 0.1) is 0 Å². The fraction of sp³-hybridized carbons (Fsp3) is 0.200. The molecule has 0 bridgehead atoms. The Labute approximate surface area is 89.1 Å². The van der Waals surface area contributed by atoms with Crippen molar-refractivity contribution < 1.29 is 0 Å². The van der Waals surface area contributed by atoms with Gasteiger partial charge >= 0.3 is 0 Å². The van der Waals surface area contributed by atoms with Crippen molar-refractivity contribution in [3.63, 3.8) is 0 Å². The summed E-state index contributed by atoms with van der Waals surface area (Å²) in [6.45, 7) is 2.28. The largest absolute Gasteiger partial charge is 0.149 e. The molecule has 0 saturated heterocycles.